The molecule has 47 heavy (non-hydrogen) atoms. The summed E-state index contributed by atoms with van der Waals surface area (Å²) in [5.41, 5.74) is -2.24. The van der Waals surface area contributed by atoms with E-state index in [1.54, 1.807) is 6.92 Å². The van der Waals surface area contributed by atoms with E-state index in [9.17, 15) is 34.8 Å². The minimum atomic E-state index is -3.75. The minimum Gasteiger partial charge on any atom is -0.396 e. The third kappa shape index (κ3) is 34.8. The second-order valence-corrected chi connectivity index (χ2v) is 16.7. The Kier molecular flexibility index (Phi) is 28.9. The molecule has 0 aliphatic carbocycles. The van der Waals surface area contributed by atoms with Gasteiger partial charge in [0.15, 0.2) is 11.6 Å². The zero-order valence-corrected chi connectivity index (χ0v) is 31.2. The van der Waals surface area contributed by atoms with Crippen LogP contribution in [0.1, 0.15) is 40.0 Å². The van der Waals surface area contributed by atoms with Gasteiger partial charge in [-0.2, -0.15) is 16.8 Å². The van der Waals surface area contributed by atoms with Gasteiger partial charge in [-0.3, -0.25) is 18.0 Å². The Bertz CT molecular complexity index is 1100. The van der Waals surface area contributed by atoms with Crippen LogP contribution in [0.5, 0.6) is 0 Å². The van der Waals surface area contributed by atoms with Crippen LogP contribution in [0.25, 0.3) is 0 Å². The van der Waals surface area contributed by atoms with Gasteiger partial charge >= 0.3 is 0 Å². The average Bonchev–Trinajstić information content (AvgIpc) is 2.96. The molecule has 284 valence electrons. The average molecular weight is 769 g/mol. The van der Waals surface area contributed by atoms with Gasteiger partial charge in [-0.1, -0.05) is 6.92 Å². The van der Waals surface area contributed by atoms with E-state index in [-0.39, 0.29) is 63.9 Å². The molecule has 0 rings (SSSR count). The number of rotatable bonds is 26. The number of carbonyl (C=O) groups excluding carboxylic acids is 2. The lowest BCUT2D eigenvalue weighted by Gasteiger charge is -2.30. The first kappa shape index (κ1) is 50.5. The molecule has 0 atom stereocenters. The van der Waals surface area contributed by atoms with E-state index in [1.165, 1.54) is 0 Å². The fourth-order valence-corrected chi connectivity index (χ4v) is 4.02. The molecule has 0 bridgehead atoms. The van der Waals surface area contributed by atoms with Gasteiger partial charge in [-0.15, -0.1) is 0 Å². The molecule has 0 aromatic rings. The number of hydrogen-bond donors (Lipinski definition) is 3. The zero-order valence-electron chi connectivity index (χ0n) is 28.0. The van der Waals surface area contributed by atoms with Gasteiger partial charge in [-0.05, 0) is 20.3 Å². The summed E-state index contributed by atoms with van der Waals surface area (Å²) in [6, 6.07) is 0. The van der Waals surface area contributed by atoms with Gasteiger partial charge in [0, 0.05) is 47.6 Å². The summed E-state index contributed by atoms with van der Waals surface area (Å²) in [6.45, 7) is 5.57. The van der Waals surface area contributed by atoms with Crippen LogP contribution < -0.4 is 0 Å². The largest absolute Gasteiger partial charge is 0.396 e. The molecule has 21 heteroatoms. The Morgan fingerprint density at radius 1 is 0.596 bits per heavy atom. The van der Waals surface area contributed by atoms with Crippen LogP contribution >= 0.6 is 10.7 Å². The van der Waals surface area contributed by atoms with Gasteiger partial charge < -0.3 is 34.3 Å². The standard InChI is InChI=1S/C14H28O9S2.C11H22O6.CH3ClO2S/c1-5-14(11-22-24(3,16)17,12-23-25(4,18)19)9-13(15)10-21-8-7-20-6-2;1-2-16-3-4-17-6-10(15)5-11(7-12,8-13)9-14;1-5(2,3)4/h5-12H2,1-4H3;12-14H,2-9H2,1H3;1H3. The van der Waals surface area contributed by atoms with Crippen molar-refractivity contribution in [2.24, 2.45) is 10.8 Å². The normalized spacial score (nSPS) is 12.5. The molecule has 0 aliphatic rings. The van der Waals surface area contributed by atoms with E-state index >= 15 is 0 Å². The highest BCUT2D eigenvalue weighted by molar-refractivity contribution is 8.13. The molecule has 0 unspecified atom stereocenters. The van der Waals surface area contributed by atoms with Crippen LogP contribution in [0.2, 0.25) is 0 Å². The van der Waals surface area contributed by atoms with Gasteiger partial charge in [0.25, 0.3) is 20.2 Å². The van der Waals surface area contributed by atoms with Crippen LogP contribution in [0.4, 0.5) is 0 Å². The lowest BCUT2D eigenvalue weighted by molar-refractivity contribution is -0.129. The molecular formula is C26H53ClO17S3. The predicted molar refractivity (Wildman–Crippen MR) is 173 cm³/mol. The number of ether oxygens (including phenoxy) is 4. The summed E-state index contributed by atoms with van der Waals surface area (Å²) in [5, 5.41) is 27.1. The second kappa shape index (κ2) is 26.9. The highest BCUT2D eigenvalue weighted by atomic mass is 35.7. The minimum absolute atomic E-state index is 0.102. The smallest absolute Gasteiger partial charge is 0.264 e. The van der Waals surface area contributed by atoms with Crippen LogP contribution in [0.15, 0.2) is 0 Å². The van der Waals surface area contributed by atoms with E-state index in [2.05, 4.69) is 10.7 Å². The molecule has 0 amide bonds. The molecule has 3 N–H and O–H groups in total. The van der Waals surface area contributed by atoms with Gasteiger partial charge in [0.05, 0.1) is 78.2 Å². The van der Waals surface area contributed by atoms with E-state index in [0.717, 1.165) is 18.8 Å². The predicted octanol–water partition coefficient (Wildman–Crippen LogP) is -0.506. The Balaban J connectivity index is -0.000000757. The first-order valence-corrected chi connectivity index (χ1v) is 20.7. The van der Waals surface area contributed by atoms with Crippen molar-refractivity contribution < 1.29 is 77.5 Å². The van der Waals surface area contributed by atoms with Crippen LogP contribution in [0, 0.1) is 10.8 Å². The number of aliphatic hydroxyl groups excluding tert-OH is 3. The Labute approximate surface area is 283 Å². The van der Waals surface area contributed by atoms with Crippen molar-refractivity contribution in [3.8, 4) is 0 Å². The SMILES string of the molecule is CCOCCOCC(=O)CC(CC)(COS(C)(=O)=O)COS(C)(=O)=O.CCOCCOCC(=O)CC(CO)(CO)CO.CS(=O)(=O)Cl. The fourth-order valence-electron chi connectivity index (χ4n) is 3.09. The molecule has 17 nitrogen and oxygen atoms in total. The van der Waals surface area contributed by atoms with Crippen molar-refractivity contribution in [2.45, 2.75) is 40.0 Å². The van der Waals surface area contributed by atoms with Crippen LogP contribution in [-0.4, -0.2) is 157 Å². The van der Waals surface area contributed by atoms with Crippen molar-refractivity contribution in [3.63, 3.8) is 0 Å². The van der Waals surface area contributed by atoms with E-state index in [1.807, 2.05) is 13.8 Å². The fraction of sp³-hybridized carbons (Fsp3) is 0.923. The molecule has 0 aliphatic heterocycles. The highest BCUT2D eigenvalue weighted by Gasteiger charge is 2.35. The van der Waals surface area contributed by atoms with Gasteiger partial charge in [-0.25, -0.2) is 8.42 Å². The van der Waals surface area contributed by atoms with Crippen molar-refractivity contribution in [1.82, 2.24) is 0 Å². The molecule has 0 radical (unpaired) electrons. The van der Waals surface area contributed by atoms with Crippen molar-refractivity contribution in [1.29, 1.82) is 0 Å². The Hall–Kier alpha value is -0.880. The first-order valence-electron chi connectivity index (χ1n) is 14.3. The molecule has 0 spiro atoms. The monoisotopic (exact) mass is 768 g/mol. The Morgan fingerprint density at radius 2 is 0.894 bits per heavy atom. The molecular weight excluding hydrogens is 716 g/mol. The summed E-state index contributed by atoms with van der Waals surface area (Å²) >= 11 is 0. The second-order valence-electron chi connectivity index (χ2n) is 10.4. The van der Waals surface area contributed by atoms with Crippen LogP contribution in [0.3, 0.4) is 0 Å². The number of Topliss-reactive ketones (excluding diaryl/α,β-unsaturated/α-hetero) is 2. The molecule has 0 saturated heterocycles. The molecule has 0 aromatic heterocycles. The highest BCUT2D eigenvalue weighted by Crippen LogP contribution is 2.29. The van der Waals surface area contributed by atoms with Gasteiger partial charge in [0.2, 0.25) is 9.05 Å². The number of halogens is 1. The first-order chi connectivity index (χ1) is 21.6. The van der Waals surface area contributed by atoms with Gasteiger partial charge in [0.1, 0.15) is 13.2 Å². The van der Waals surface area contributed by atoms with E-state index in [0.29, 0.717) is 33.0 Å². The molecule has 0 saturated carbocycles. The third-order valence-corrected chi connectivity index (χ3v) is 6.83. The summed E-state index contributed by atoms with van der Waals surface area (Å²) < 4.78 is 93.7. The maximum Gasteiger partial charge on any atom is 0.264 e. The maximum absolute atomic E-state index is 12.1. The lowest BCUT2D eigenvalue weighted by atomic mass is 9.82. The molecule has 0 aromatic carbocycles. The molecule has 0 heterocycles. The summed E-state index contributed by atoms with van der Waals surface area (Å²) in [4.78, 5) is 23.6. The number of aliphatic hydroxyl groups is 3. The van der Waals surface area contributed by atoms with Crippen LogP contribution in [-0.2, 0) is 66.2 Å². The number of hydrogen-bond acceptors (Lipinski definition) is 17. The topological polar surface area (TPSA) is 253 Å². The zero-order chi connectivity index (χ0) is 37.2. The Morgan fingerprint density at radius 3 is 1.15 bits per heavy atom. The molecule has 0 fully saturated rings. The summed E-state index contributed by atoms with van der Waals surface area (Å²) in [5.74, 6) is -0.578. The summed E-state index contributed by atoms with van der Waals surface area (Å²) in [6.07, 6.45) is 2.72. The lowest BCUT2D eigenvalue weighted by Crippen LogP contribution is -2.37. The van der Waals surface area contributed by atoms with Crippen molar-refractivity contribution in [3.05, 3.63) is 0 Å². The van der Waals surface area contributed by atoms with Crippen molar-refractivity contribution >= 4 is 51.5 Å². The maximum atomic E-state index is 12.1. The van der Waals surface area contributed by atoms with Crippen molar-refractivity contribution in [2.75, 3.05) is 105 Å². The third-order valence-electron chi connectivity index (χ3n) is 5.74. The number of ketones is 2. The van der Waals surface area contributed by atoms with E-state index < -0.39 is 59.9 Å². The quantitative estimate of drug-likeness (QED) is 0.0569. The number of carbonyl (C=O) groups is 2. The van der Waals surface area contributed by atoms with E-state index in [4.69, 9.17) is 42.6 Å². The summed E-state index contributed by atoms with van der Waals surface area (Å²) in [7, 11) is -6.19.